The molecule has 2 aromatic carbocycles. The lowest BCUT2D eigenvalue weighted by atomic mass is 9.86. The predicted octanol–water partition coefficient (Wildman–Crippen LogP) is 3.33. The van der Waals surface area contributed by atoms with Gasteiger partial charge in [0.05, 0.1) is 10.3 Å². The van der Waals surface area contributed by atoms with Gasteiger partial charge in [-0.25, -0.2) is 8.42 Å². The molecule has 1 heterocycles. The summed E-state index contributed by atoms with van der Waals surface area (Å²) in [6.45, 7) is 7.39. The number of fused-ring (bicyclic) bond motifs is 1. The molecule has 5 nitrogen and oxygen atoms in total. The summed E-state index contributed by atoms with van der Waals surface area (Å²) in [6, 6.07) is 10.3. The van der Waals surface area contributed by atoms with E-state index >= 15 is 0 Å². The summed E-state index contributed by atoms with van der Waals surface area (Å²) in [4.78, 5) is 12.1. The molecule has 0 aromatic heterocycles. The molecule has 0 bridgehead atoms. The van der Waals surface area contributed by atoms with E-state index in [1.807, 2.05) is 19.9 Å². The molecule has 24 heavy (non-hydrogen) atoms. The van der Waals surface area contributed by atoms with Crippen molar-refractivity contribution in [1.29, 1.82) is 0 Å². The lowest BCUT2D eigenvalue weighted by Crippen LogP contribution is -2.27. The maximum atomic E-state index is 12.7. The molecule has 0 atom stereocenters. The Hall–Kier alpha value is -2.34. The van der Waals surface area contributed by atoms with E-state index in [-0.39, 0.29) is 10.8 Å². The van der Waals surface area contributed by atoms with Gasteiger partial charge in [-0.3, -0.25) is 9.52 Å². The quantitative estimate of drug-likeness (QED) is 0.897. The highest BCUT2D eigenvalue weighted by molar-refractivity contribution is 7.92. The fourth-order valence-corrected chi connectivity index (χ4v) is 4.03. The number of amides is 1. The van der Waals surface area contributed by atoms with Crippen LogP contribution in [0.4, 0.5) is 11.4 Å². The Labute approximate surface area is 142 Å². The minimum Gasteiger partial charge on any atom is -0.325 e. The van der Waals surface area contributed by atoms with Crippen LogP contribution in [0.15, 0.2) is 41.3 Å². The van der Waals surface area contributed by atoms with Gasteiger partial charge in [0.2, 0.25) is 5.91 Å². The summed E-state index contributed by atoms with van der Waals surface area (Å²) in [6.07, 6.45) is 0. The topological polar surface area (TPSA) is 75.3 Å². The zero-order chi connectivity index (χ0) is 17.7. The number of carbonyl (C=O) groups is 1. The smallest absolute Gasteiger partial charge is 0.261 e. The summed E-state index contributed by atoms with van der Waals surface area (Å²) in [5, 5.41) is 2.78. The molecule has 0 radical (unpaired) electrons. The third kappa shape index (κ3) is 2.78. The van der Waals surface area contributed by atoms with Gasteiger partial charge in [0.15, 0.2) is 0 Å². The number of nitrogens with one attached hydrogen (secondary N) is 2. The van der Waals surface area contributed by atoms with Gasteiger partial charge >= 0.3 is 0 Å². The molecule has 1 amide bonds. The van der Waals surface area contributed by atoms with E-state index in [1.165, 1.54) is 6.07 Å². The molecular weight excluding hydrogens is 324 g/mol. The number of hydrogen-bond donors (Lipinski definition) is 2. The van der Waals surface area contributed by atoms with Gasteiger partial charge in [-0.1, -0.05) is 6.07 Å². The minimum absolute atomic E-state index is 0.130. The maximum absolute atomic E-state index is 12.7. The average molecular weight is 344 g/mol. The molecule has 0 spiro atoms. The van der Waals surface area contributed by atoms with Crippen LogP contribution < -0.4 is 10.0 Å². The van der Waals surface area contributed by atoms with Gasteiger partial charge in [-0.2, -0.15) is 0 Å². The fraction of sp³-hybridized carbons (Fsp3) is 0.278. The number of carbonyl (C=O) groups excluding carboxylic acids is 1. The first-order chi connectivity index (χ1) is 11.1. The molecule has 6 heteroatoms. The Morgan fingerprint density at radius 1 is 1.00 bits per heavy atom. The van der Waals surface area contributed by atoms with Gasteiger partial charge in [0.25, 0.3) is 10.0 Å². The molecular formula is C18H20N2O3S. The first-order valence-corrected chi connectivity index (χ1v) is 9.15. The molecule has 0 aliphatic carbocycles. The van der Waals surface area contributed by atoms with Crippen LogP contribution >= 0.6 is 0 Å². The highest BCUT2D eigenvalue weighted by Crippen LogP contribution is 2.38. The summed E-state index contributed by atoms with van der Waals surface area (Å²) >= 11 is 0. The standard InChI is InChI=1S/C18H20N2O3S/c1-11-7-12(2)9-13(8-11)20-24(22,23)14-5-6-16-15(10-14)18(3,4)17(21)19-16/h5-10,20H,1-4H3,(H,19,21). The lowest BCUT2D eigenvalue weighted by molar-refractivity contribution is -0.119. The first kappa shape index (κ1) is 16.5. The number of hydrogen-bond acceptors (Lipinski definition) is 3. The molecule has 0 unspecified atom stereocenters. The Morgan fingerprint density at radius 2 is 1.62 bits per heavy atom. The number of aryl methyl sites for hydroxylation is 2. The van der Waals surface area contributed by atoms with Crippen molar-refractivity contribution in [1.82, 2.24) is 0 Å². The van der Waals surface area contributed by atoms with E-state index < -0.39 is 15.4 Å². The zero-order valence-corrected chi connectivity index (χ0v) is 14.9. The second-order valence-electron chi connectivity index (χ2n) is 6.77. The molecule has 2 N–H and O–H groups in total. The predicted molar refractivity (Wildman–Crippen MR) is 94.8 cm³/mol. The monoisotopic (exact) mass is 344 g/mol. The number of anilines is 2. The number of sulfonamides is 1. The summed E-state index contributed by atoms with van der Waals surface area (Å²) in [7, 11) is -3.73. The van der Waals surface area contributed by atoms with Crippen LogP contribution in [-0.4, -0.2) is 14.3 Å². The van der Waals surface area contributed by atoms with Crippen LogP contribution in [0.5, 0.6) is 0 Å². The Balaban J connectivity index is 2.00. The van der Waals surface area contributed by atoms with E-state index in [0.29, 0.717) is 16.9 Å². The Bertz CT molecular complexity index is 926. The summed E-state index contributed by atoms with van der Waals surface area (Å²) < 4.78 is 28.0. The van der Waals surface area contributed by atoms with Gasteiger partial charge in [0, 0.05) is 11.4 Å². The highest BCUT2D eigenvalue weighted by Gasteiger charge is 2.39. The van der Waals surface area contributed by atoms with Crippen molar-refractivity contribution in [2.45, 2.75) is 38.0 Å². The molecule has 0 saturated carbocycles. The van der Waals surface area contributed by atoms with E-state index in [4.69, 9.17) is 0 Å². The van der Waals surface area contributed by atoms with Crippen LogP contribution in [0, 0.1) is 13.8 Å². The second-order valence-corrected chi connectivity index (χ2v) is 8.45. The van der Waals surface area contributed by atoms with Crippen molar-refractivity contribution >= 4 is 27.3 Å². The van der Waals surface area contributed by atoms with Crippen LogP contribution in [0.2, 0.25) is 0 Å². The van der Waals surface area contributed by atoms with E-state index in [9.17, 15) is 13.2 Å². The van der Waals surface area contributed by atoms with Crippen molar-refractivity contribution < 1.29 is 13.2 Å². The lowest BCUT2D eigenvalue weighted by Gasteiger charge is -2.16. The number of rotatable bonds is 3. The minimum atomic E-state index is -3.73. The Morgan fingerprint density at radius 3 is 2.25 bits per heavy atom. The van der Waals surface area contributed by atoms with Gasteiger partial charge in [-0.05, 0) is 74.7 Å². The van der Waals surface area contributed by atoms with Gasteiger partial charge in [0.1, 0.15) is 0 Å². The van der Waals surface area contributed by atoms with Crippen molar-refractivity contribution in [3.8, 4) is 0 Å². The molecule has 126 valence electrons. The van der Waals surface area contributed by atoms with Crippen molar-refractivity contribution in [2.24, 2.45) is 0 Å². The summed E-state index contributed by atoms with van der Waals surface area (Å²) in [5.41, 5.74) is 3.10. The third-order valence-corrected chi connectivity index (χ3v) is 5.64. The van der Waals surface area contributed by atoms with Gasteiger partial charge < -0.3 is 5.32 Å². The van der Waals surface area contributed by atoms with E-state index in [0.717, 1.165) is 11.1 Å². The van der Waals surface area contributed by atoms with Crippen LogP contribution in [0.3, 0.4) is 0 Å². The molecule has 2 aromatic rings. The largest absolute Gasteiger partial charge is 0.325 e. The van der Waals surface area contributed by atoms with Crippen molar-refractivity contribution in [3.63, 3.8) is 0 Å². The second kappa shape index (κ2) is 5.34. The molecule has 3 rings (SSSR count). The number of benzene rings is 2. The SMILES string of the molecule is Cc1cc(C)cc(NS(=O)(=O)c2ccc3c(c2)C(C)(C)C(=O)N3)c1. The molecule has 0 fully saturated rings. The van der Waals surface area contributed by atoms with Crippen molar-refractivity contribution in [2.75, 3.05) is 10.0 Å². The first-order valence-electron chi connectivity index (χ1n) is 7.67. The normalized spacial score (nSPS) is 15.8. The maximum Gasteiger partial charge on any atom is 0.261 e. The van der Waals surface area contributed by atoms with Crippen LogP contribution in [0.1, 0.15) is 30.5 Å². The van der Waals surface area contributed by atoms with E-state index in [1.54, 1.807) is 38.1 Å². The fourth-order valence-electron chi connectivity index (χ4n) is 2.97. The molecule has 1 aliphatic rings. The molecule has 1 aliphatic heterocycles. The van der Waals surface area contributed by atoms with E-state index in [2.05, 4.69) is 10.0 Å². The van der Waals surface area contributed by atoms with Gasteiger partial charge in [-0.15, -0.1) is 0 Å². The van der Waals surface area contributed by atoms with Crippen molar-refractivity contribution in [3.05, 3.63) is 53.1 Å². The average Bonchev–Trinajstić information content (AvgIpc) is 2.67. The Kier molecular flexibility index (Phi) is 3.68. The molecule has 0 saturated heterocycles. The van der Waals surface area contributed by atoms with Crippen LogP contribution in [-0.2, 0) is 20.2 Å². The zero-order valence-electron chi connectivity index (χ0n) is 14.1. The summed E-state index contributed by atoms with van der Waals surface area (Å²) in [5.74, 6) is -0.130. The van der Waals surface area contributed by atoms with Crippen LogP contribution in [0.25, 0.3) is 0 Å². The highest BCUT2D eigenvalue weighted by atomic mass is 32.2. The third-order valence-electron chi connectivity index (χ3n) is 4.26.